The van der Waals surface area contributed by atoms with Crippen molar-refractivity contribution in [3.63, 3.8) is 0 Å². The maximum absolute atomic E-state index is 11.2. The van der Waals surface area contributed by atoms with Crippen LogP contribution in [0.25, 0.3) is 5.76 Å². The zero-order valence-corrected chi connectivity index (χ0v) is 9.21. The molecule has 0 unspecified atom stereocenters. The molecule has 0 aliphatic carbocycles. The molecule has 0 aliphatic rings. The molecule has 5 heteroatoms. The number of aromatic hydroxyl groups is 1. The second-order valence-electron chi connectivity index (χ2n) is 3.16. The number of hydrogen-bond donors (Lipinski definition) is 2. The van der Waals surface area contributed by atoms with Crippen molar-refractivity contribution in [3.05, 3.63) is 35.9 Å². The smallest absolute Gasteiger partial charge is 0.379 e. The molecule has 2 N–H and O–H groups in total. The maximum Gasteiger partial charge on any atom is 0.379 e. The van der Waals surface area contributed by atoms with Crippen LogP contribution in [0.4, 0.5) is 0 Å². The van der Waals surface area contributed by atoms with Crippen molar-refractivity contribution in [3.8, 4) is 5.75 Å². The Bertz CT molecular complexity index is 462. The lowest BCUT2D eigenvalue weighted by molar-refractivity contribution is -0.151. The van der Waals surface area contributed by atoms with Gasteiger partial charge in [-0.15, -0.1) is 0 Å². The van der Waals surface area contributed by atoms with E-state index in [2.05, 4.69) is 4.74 Å². The molecule has 0 atom stereocenters. The summed E-state index contributed by atoms with van der Waals surface area (Å²) in [6.45, 7) is 1.66. The third kappa shape index (κ3) is 3.64. The van der Waals surface area contributed by atoms with Crippen molar-refractivity contribution in [1.82, 2.24) is 0 Å². The number of ether oxygens (including phenoxy) is 1. The highest BCUT2D eigenvalue weighted by molar-refractivity contribution is 6.39. The van der Waals surface area contributed by atoms with Crippen LogP contribution >= 0.6 is 0 Å². The van der Waals surface area contributed by atoms with Gasteiger partial charge in [0.25, 0.3) is 5.78 Å². The van der Waals surface area contributed by atoms with Gasteiger partial charge in [-0.05, 0) is 19.1 Å². The number of carbonyl (C=O) groups is 2. The predicted molar refractivity (Wildman–Crippen MR) is 60.4 cm³/mol. The van der Waals surface area contributed by atoms with Gasteiger partial charge < -0.3 is 14.9 Å². The van der Waals surface area contributed by atoms with E-state index in [4.69, 9.17) is 0 Å². The summed E-state index contributed by atoms with van der Waals surface area (Å²) >= 11 is 0. The minimum atomic E-state index is -1.03. The number of rotatable bonds is 4. The summed E-state index contributed by atoms with van der Waals surface area (Å²) in [6, 6.07) is 5.68. The van der Waals surface area contributed by atoms with E-state index in [1.807, 2.05) is 0 Å². The normalized spacial score (nSPS) is 11.0. The molecule has 0 fully saturated rings. The second kappa shape index (κ2) is 5.69. The zero-order chi connectivity index (χ0) is 12.8. The first-order chi connectivity index (χ1) is 8.04. The van der Waals surface area contributed by atoms with E-state index in [9.17, 15) is 19.8 Å². The summed E-state index contributed by atoms with van der Waals surface area (Å²) in [5.74, 6) is -2.43. The quantitative estimate of drug-likeness (QED) is 0.357. The number of carbonyl (C=O) groups excluding carboxylic acids is 2. The molecule has 0 spiro atoms. The molecular formula is C12H12O5. The number of benzene rings is 1. The van der Waals surface area contributed by atoms with Crippen LogP contribution in [0.3, 0.4) is 0 Å². The Morgan fingerprint density at radius 2 is 2.12 bits per heavy atom. The average Bonchev–Trinajstić information content (AvgIpc) is 2.29. The van der Waals surface area contributed by atoms with Crippen LogP contribution in [0, 0.1) is 0 Å². The molecule has 0 radical (unpaired) electrons. The molecule has 0 heterocycles. The molecule has 0 amide bonds. The third-order valence-corrected chi connectivity index (χ3v) is 1.89. The van der Waals surface area contributed by atoms with Gasteiger partial charge in [-0.25, -0.2) is 4.79 Å². The Kier molecular flexibility index (Phi) is 4.28. The lowest BCUT2D eigenvalue weighted by Gasteiger charge is -2.01. The van der Waals surface area contributed by atoms with Gasteiger partial charge in [-0.1, -0.05) is 12.1 Å². The Balaban J connectivity index is 2.86. The second-order valence-corrected chi connectivity index (χ2v) is 3.16. The number of hydrogen-bond acceptors (Lipinski definition) is 5. The van der Waals surface area contributed by atoms with Crippen molar-refractivity contribution in [2.24, 2.45) is 0 Å². The molecule has 17 heavy (non-hydrogen) atoms. The van der Waals surface area contributed by atoms with Crippen molar-refractivity contribution in [2.75, 3.05) is 6.61 Å². The van der Waals surface area contributed by atoms with E-state index in [-0.39, 0.29) is 17.9 Å². The van der Waals surface area contributed by atoms with Crippen LogP contribution in [0.2, 0.25) is 0 Å². The maximum atomic E-state index is 11.2. The number of aliphatic hydroxyl groups excluding tert-OH is 1. The minimum absolute atomic E-state index is 0.0500. The van der Waals surface area contributed by atoms with E-state index >= 15 is 0 Å². The topological polar surface area (TPSA) is 83.8 Å². The van der Waals surface area contributed by atoms with Crippen LogP contribution in [-0.4, -0.2) is 28.6 Å². The molecule has 0 saturated heterocycles. The fourth-order valence-electron chi connectivity index (χ4n) is 1.13. The third-order valence-electron chi connectivity index (χ3n) is 1.89. The first kappa shape index (κ1) is 12.8. The van der Waals surface area contributed by atoms with Crippen molar-refractivity contribution < 1.29 is 24.5 Å². The largest absolute Gasteiger partial charge is 0.508 e. The van der Waals surface area contributed by atoms with E-state index in [1.165, 1.54) is 24.3 Å². The first-order valence-corrected chi connectivity index (χ1v) is 4.95. The fourth-order valence-corrected chi connectivity index (χ4v) is 1.13. The highest BCUT2D eigenvalue weighted by Gasteiger charge is 2.13. The van der Waals surface area contributed by atoms with Crippen molar-refractivity contribution in [1.29, 1.82) is 0 Å². The predicted octanol–water partition coefficient (Wildman–Crippen LogP) is 1.42. The van der Waals surface area contributed by atoms with Gasteiger partial charge >= 0.3 is 5.97 Å². The molecule has 0 bridgehead atoms. The number of phenolic OH excluding ortho intramolecular Hbond substituents is 1. The lowest BCUT2D eigenvalue weighted by Crippen LogP contribution is -2.15. The zero-order valence-electron chi connectivity index (χ0n) is 9.21. The highest BCUT2D eigenvalue weighted by Crippen LogP contribution is 2.17. The SMILES string of the molecule is CCOC(=O)C(=O)C=C(O)c1cccc(O)c1. The van der Waals surface area contributed by atoms with Gasteiger partial charge in [0.2, 0.25) is 0 Å². The Labute approximate surface area is 98.0 Å². The summed E-state index contributed by atoms with van der Waals surface area (Å²) in [5, 5.41) is 18.7. The van der Waals surface area contributed by atoms with Gasteiger partial charge in [-0.2, -0.15) is 0 Å². The number of phenols is 1. The standard InChI is InChI=1S/C12H12O5/c1-2-17-12(16)11(15)7-10(14)8-4-3-5-9(13)6-8/h3-7,13-14H,2H2,1H3. The molecular weight excluding hydrogens is 224 g/mol. The van der Waals surface area contributed by atoms with E-state index in [1.54, 1.807) is 6.92 Å². The molecule has 90 valence electrons. The van der Waals surface area contributed by atoms with E-state index in [0.29, 0.717) is 0 Å². The number of ketones is 1. The van der Waals surface area contributed by atoms with E-state index < -0.39 is 17.5 Å². The fraction of sp³-hybridized carbons (Fsp3) is 0.167. The highest BCUT2D eigenvalue weighted by atomic mass is 16.5. The average molecular weight is 236 g/mol. The van der Waals surface area contributed by atoms with Gasteiger partial charge in [0, 0.05) is 11.6 Å². The molecule has 1 rings (SSSR count). The van der Waals surface area contributed by atoms with Gasteiger partial charge in [0.1, 0.15) is 11.5 Å². The van der Waals surface area contributed by atoms with Crippen molar-refractivity contribution >= 4 is 17.5 Å². The van der Waals surface area contributed by atoms with E-state index in [0.717, 1.165) is 6.08 Å². The Morgan fingerprint density at radius 3 is 2.71 bits per heavy atom. The molecule has 0 aliphatic heterocycles. The first-order valence-electron chi connectivity index (χ1n) is 4.95. The molecule has 0 aromatic heterocycles. The monoisotopic (exact) mass is 236 g/mol. The molecule has 0 saturated carbocycles. The van der Waals surface area contributed by atoms with Crippen LogP contribution in [-0.2, 0) is 14.3 Å². The van der Waals surface area contributed by atoms with Crippen LogP contribution in [0.5, 0.6) is 5.75 Å². The van der Waals surface area contributed by atoms with Gasteiger partial charge in [0.05, 0.1) is 6.61 Å². The minimum Gasteiger partial charge on any atom is -0.508 e. The number of aliphatic hydroxyl groups is 1. The van der Waals surface area contributed by atoms with Crippen molar-refractivity contribution in [2.45, 2.75) is 6.92 Å². The molecule has 1 aromatic rings. The van der Waals surface area contributed by atoms with Gasteiger partial charge in [-0.3, -0.25) is 4.79 Å². The summed E-state index contributed by atoms with van der Waals surface area (Å²) in [4.78, 5) is 22.2. The summed E-state index contributed by atoms with van der Waals surface area (Å²) in [6.07, 6.45) is 0.757. The van der Waals surface area contributed by atoms with Gasteiger partial charge in [0.15, 0.2) is 0 Å². The summed E-state index contributed by atoms with van der Waals surface area (Å²) in [5.41, 5.74) is 0.239. The van der Waals surface area contributed by atoms with Crippen LogP contribution in [0.15, 0.2) is 30.3 Å². The van der Waals surface area contributed by atoms with Crippen LogP contribution < -0.4 is 0 Å². The lowest BCUT2D eigenvalue weighted by atomic mass is 10.1. The molecule has 5 nitrogen and oxygen atoms in total. The number of esters is 1. The summed E-state index contributed by atoms with van der Waals surface area (Å²) in [7, 11) is 0. The Morgan fingerprint density at radius 1 is 1.41 bits per heavy atom. The Hall–Kier alpha value is -2.30. The van der Waals surface area contributed by atoms with Crippen LogP contribution in [0.1, 0.15) is 12.5 Å². The molecule has 1 aromatic carbocycles. The summed E-state index contributed by atoms with van der Waals surface area (Å²) < 4.78 is 4.47.